The maximum absolute atomic E-state index is 13.6. The SMILES string of the molecule is COc1ccc2c(CC(=O)N3CCN(C(=O)C45CC6CC(CC(C6)C4)C5)CC3)coc2c1. The van der Waals surface area contributed by atoms with Gasteiger partial charge in [0.15, 0.2) is 0 Å². The second-order valence-corrected chi connectivity index (χ2v) is 10.7. The normalized spacial score (nSPS) is 31.3. The van der Waals surface area contributed by atoms with Gasteiger partial charge < -0.3 is 19.0 Å². The average molecular weight is 437 g/mol. The standard InChI is InChI=1S/C26H32N2O4/c1-31-21-2-3-22-20(16-32-23(22)12-21)11-24(29)27-4-6-28(7-5-27)25(30)26-13-17-8-18(14-26)10-19(9-17)15-26/h2-3,12,16-19H,4-11,13-15H2,1H3. The molecule has 4 saturated carbocycles. The van der Waals surface area contributed by atoms with E-state index in [1.165, 1.54) is 19.3 Å². The van der Waals surface area contributed by atoms with Crippen LogP contribution < -0.4 is 4.74 Å². The van der Waals surface area contributed by atoms with Gasteiger partial charge in [0.05, 0.1) is 25.2 Å². The molecule has 1 aromatic carbocycles. The molecule has 7 rings (SSSR count). The maximum atomic E-state index is 13.6. The summed E-state index contributed by atoms with van der Waals surface area (Å²) in [5.74, 6) is 3.56. The van der Waals surface area contributed by atoms with Crippen LogP contribution in [0.5, 0.6) is 5.75 Å². The molecule has 1 aliphatic heterocycles. The van der Waals surface area contributed by atoms with Gasteiger partial charge in [0.1, 0.15) is 11.3 Å². The molecule has 5 aliphatic rings. The largest absolute Gasteiger partial charge is 0.497 e. The van der Waals surface area contributed by atoms with Crippen molar-refractivity contribution in [2.45, 2.75) is 44.9 Å². The lowest BCUT2D eigenvalue weighted by molar-refractivity contribution is -0.160. The summed E-state index contributed by atoms with van der Waals surface area (Å²) in [7, 11) is 1.63. The molecule has 2 heterocycles. The summed E-state index contributed by atoms with van der Waals surface area (Å²) in [6.07, 6.45) is 9.37. The zero-order valence-corrected chi connectivity index (χ0v) is 18.8. The lowest BCUT2D eigenvalue weighted by Crippen LogP contribution is -2.58. The van der Waals surface area contributed by atoms with E-state index in [0.717, 1.165) is 59.3 Å². The van der Waals surface area contributed by atoms with Crippen LogP contribution in [0.1, 0.15) is 44.1 Å². The Morgan fingerprint density at radius 1 is 1.00 bits per heavy atom. The van der Waals surface area contributed by atoms with Gasteiger partial charge in [-0.3, -0.25) is 9.59 Å². The maximum Gasteiger partial charge on any atom is 0.228 e. The van der Waals surface area contributed by atoms with E-state index in [9.17, 15) is 9.59 Å². The zero-order valence-electron chi connectivity index (χ0n) is 18.8. The van der Waals surface area contributed by atoms with Crippen molar-refractivity contribution in [3.63, 3.8) is 0 Å². The molecule has 4 bridgehead atoms. The van der Waals surface area contributed by atoms with Crippen LogP contribution in [0.25, 0.3) is 11.0 Å². The minimum Gasteiger partial charge on any atom is -0.497 e. The number of piperazine rings is 1. The molecule has 0 radical (unpaired) electrons. The van der Waals surface area contributed by atoms with E-state index < -0.39 is 0 Å². The van der Waals surface area contributed by atoms with Crippen molar-refractivity contribution in [2.75, 3.05) is 33.3 Å². The van der Waals surface area contributed by atoms with Crippen LogP contribution in [0, 0.1) is 23.2 Å². The molecule has 0 spiro atoms. The number of nitrogens with zero attached hydrogens (tertiary/aromatic N) is 2. The third-order valence-electron chi connectivity index (χ3n) is 8.62. The van der Waals surface area contributed by atoms with Gasteiger partial charge in [-0.1, -0.05) is 0 Å². The van der Waals surface area contributed by atoms with Crippen molar-refractivity contribution in [2.24, 2.45) is 23.2 Å². The molecule has 6 nitrogen and oxygen atoms in total. The highest BCUT2D eigenvalue weighted by Gasteiger charge is 2.55. The van der Waals surface area contributed by atoms with Gasteiger partial charge in [-0.15, -0.1) is 0 Å². The first kappa shape index (κ1) is 20.1. The number of ether oxygens (including phenoxy) is 1. The highest BCUT2D eigenvalue weighted by Crippen LogP contribution is 2.60. The number of hydrogen-bond acceptors (Lipinski definition) is 4. The van der Waals surface area contributed by atoms with Crippen LogP contribution in [0.15, 0.2) is 28.9 Å². The second kappa shape index (κ2) is 7.53. The number of hydrogen-bond donors (Lipinski definition) is 0. The number of furan rings is 1. The number of amides is 2. The van der Waals surface area contributed by atoms with E-state index in [1.54, 1.807) is 13.4 Å². The monoisotopic (exact) mass is 436 g/mol. The quantitative estimate of drug-likeness (QED) is 0.730. The minimum absolute atomic E-state index is 0.0856. The molecule has 5 fully saturated rings. The molecule has 0 N–H and O–H groups in total. The molecule has 1 aromatic heterocycles. The minimum atomic E-state index is -0.0856. The lowest BCUT2D eigenvalue weighted by Gasteiger charge is -2.57. The van der Waals surface area contributed by atoms with Gasteiger partial charge in [0, 0.05) is 43.2 Å². The second-order valence-electron chi connectivity index (χ2n) is 10.7. The van der Waals surface area contributed by atoms with Gasteiger partial charge in [-0.25, -0.2) is 0 Å². The summed E-state index contributed by atoms with van der Waals surface area (Å²) < 4.78 is 10.9. The Balaban J connectivity index is 1.08. The Hall–Kier alpha value is -2.50. The summed E-state index contributed by atoms with van der Waals surface area (Å²) in [5.41, 5.74) is 1.55. The van der Waals surface area contributed by atoms with Crippen molar-refractivity contribution in [1.82, 2.24) is 9.80 Å². The third kappa shape index (κ3) is 3.30. The van der Waals surface area contributed by atoms with Gasteiger partial charge in [-0.2, -0.15) is 0 Å². The topological polar surface area (TPSA) is 63.0 Å². The van der Waals surface area contributed by atoms with E-state index in [4.69, 9.17) is 9.15 Å². The van der Waals surface area contributed by atoms with Crippen LogP contribution in [0.3, 0.4) is 0 Å². The smallest absolute Gasteiger partial charge is 0.228 e. The van der Waals surface area contributed by atoms with Crippen molar-refractivity contribution in [1.29, 1.82) is 0 Å². The highest BCUT2D eigenvalue weighted by atomic mass is 16.5. The summed E-state index contributed by atoms with van der Waals surface area (Å²) in [4.78, 5) is 30.5. The van der Waals surface area contributed by atoms with Crippen molar-refractivity contribution in [3.8, 4) is 5.75 Å². The third-order valence-corrected chi connectivity index (χ3v) is 8.62. The van der Waals surface area contributed by atoms with Crippen LogP contribution in [0.2, 0.25) is 0 Å². The Kier molecular flexibility index (Phi) is 4.74. The van der Waals surface area contributed by atoms with Gasteiger partial charge in [0.25, 0.3) is 0 Å². The van der Waals surface area contributed by atoms with Crippen LogP contribution in [0.4, 0.5) is 0 Å². The number of carbonyl (C=O) groups is 2. The lowest BCUT2D eigenvalue weighted by atomic mass is 9.49. The van der Waals surface area contributed by atoms with Crippen LogP contribution in [-0.2, 0) is 16.0 Å². The number of methoxy groups -OCH3 is 1. The summed E-state index contributed by atoms with van der Waals surface area (Å²) in [5, 5.41) is 0.954. The fourth-order valence-electron chi connectivity index (χ4n) is 7.47. The van der Waals surface area contributed by atoms with E-state index in [2.05, 4.69) is 4.90 Å². The van der Waals surface area contributed by atoms with Crippen molar-refractivity contribution in [3.05, 3.63) is 30.0 Å². The van der Waals surface area contributed by atoms with Gasteiger partial charge in [-0.05, 0) is 68.4 Å². The molecule has 32 heavy (non-hydrogen) atoms. The molecule has 6 heteroatoms. The fourth-order valence-corrected chi connectivity index (χ4v) is 7.47. The van der Waals surface area contributed by atoms with Crippen LogP contribution >= 0.6 is 0 Å². The first-order valence-corrected chi connectivity index (χ1v) is 12.1. The average Bonchev–Trinajstić information content (AvgIpc) is 3.19. The molecule has 0 atom stereocenters. The number of carbonyl (C=O) groups excluding carboxylic acids is 2. The predicted molar refractivity (Wildman–Crippen MR) is 120 cm³/mol. The van der Waals surface area contributed by atoms with Crippen molar-refractivity contribution >= 4 is 22.8 Å². The zero-order chi connectivity index (χ0) is 21.9. The number of rotatable bonds is 4. The molecular formula is C26H32N2O4. The Morgan fingerprint density at radius 2 is 1.62 bits per heavy atom. The summed E-state index contributed by atoms with van der Waals surface area (Å²) >= 11 is 0. The molecular weight excluding hydrogens is 404 g/mol. The molecule has 2 aromatic rings. The summed E-state index contributed by atoms with van der Waals surface area (Å²) in [6.45, 7) is 2.58. The highest BCUT2D eigenvalue weighted by molar-refractivity contribution is 5.88. The first-order chi connectivity index (χ1) is 15.5. The van der Waals surface area contributed by atoms with Gasteiger partial charge >= 0.3 is 0 Å². The van der Waals surface area contributed by atoms with E-state index in [1.807, 2.05) is 23.1 Å². The predicted octanol–water partition coefficient (Wildman–Crippen LogP) is 3.87. The number of benzene rings is 1. The van der Waals surface area contributed by atoms with E-state index in [0.29, 0.717) is 38.5 Å². The van der Waals surface area contributed by atoms with E-state index >= 15 is 0 Å². The molecule has 170 valence electrons. The molecule has 4 aliphatic carbocycles. The number of fused-ring (bicyclic) bond motifs is 1. The Morgan fingerprint density at radius 3 is 2.25 bits per heavy atom. The molecule has 0 unspecified atom stereocenters. The van der Waals surface area contributed by atoms with Crippen molar-refractivity contribution < 1.29 is 18.7 Å². The first-order valence-electron chi connectivity index (χ1n) is 12.1. The summed E-state index contributed by atoms with van der Waals surface area (Å²) in [6, 6.07) is 5.68. The Labute approximate surface area is 188 Å². The molecule has 1 saturated heterocycles. The Bertz CT molecular complexity index is 1010. The van der Waals surface area contributed by atoms with Crippen LogP contribution in [-0.4, -0.2) is 54.9 Å². The molecule has 2 amide bonds. The fraction of sp³-hybridized carbons (Fsp3) is 0.615. The van der Waals surface area contributed by atoms with E-state index in [-0.39, 0.29) is 11.3 Å². The van der Waals surface area contributed by atoms with Gasteiger partial charge in [0.2, 0.25) is 11.8 Å².